The van der Waals surface area contributed by atoms with Gasteiger partial charge in [-0.25, -0.2) is 0 Å². The Labute approximate surface area is 193 Å². The molecule has 3 heterocycles. The first-order valence-electron chi connectivity index (χ1n) is 11.5. The van der Waals surface area contributed by atoms with Gasteiger partial charge in [0.15, 0.2) is 6.10 Å². The second kappa shape index (κ2) is 8.78. The Kier molecular flexibility index (Phi) is 6.18. The van der Waals surface area contributed by atoms with Gasteiger partial charge < -0.3 is 25.5 Å². The molecule has 1 aromatic carbocycles. The SMILES string of the molecule is CC(C)(C)CC(=O)N1CC[C@@H]2NC(=O)[C@H]3C[C@H](NC(=O)[C@@H](O)c4ccccc4)CN3C(=O)[C@H]21. The second-order valence-electron chi connectivity index (χ2n) is 10.4. The summed E-state index contributed by atoms with van der Waals surface area (Å²) in [6, 6.07) is 6.29. The van der Waals surface area contributed by atoms with Crippen LogP contribution in [-0.2, 0) is 19.2 Å². The second-order valence-corrected chi connectivity index (χ2v) is 10.4. The fraction of sp³-hybridized carbons (Fsp3) is 0.583. The number of benzene rings is 1. The average molecular weight is 457 g/mol. The highest BCUT2D eigenvalue weighted by Crippen LogP contribution is 2.31. The standard InChI is InChI=1S/C24H32N4O5/c1-24(2,3)12-18(29)27-10-9-16-19(27)23(33)28-13-15(11-17(28)21(31)26-16)25-22(32)20(30)14-7-5-4-6-8-14/h4-8,15-17,19-20,30H,9-13H2,1-3H3,(H,25,32)(H,26,31)/t15-,16-,17+,19-,20-/m0/s1. The summed E-state index contributed by atoms with van der Waals surface area (Å²) in [6.45, 7) is 6.52. The minimum atomic E-state index is -1.33. The maximum absolute atomic E-state index is 13.5. The van der Waals surface area contributed by atoms with Crippen LogP contribution in [0.1, 0.15) is 51.7 Å². The quantitative estimate of drug-likeness (QED) is 0.604. The van der Waals surface area contributed by atoms with Crippen LogP contribution in [0.25, 0.3) is 0 Å². The van der Waals surface area contributed by atoms with E-state index in [2.05, 4.69) is 10.6 Å². The summed E-state index contributed by atoms with van der Waals surface area (Å²) in [5, 5.41) is 16.1. The van der Waals surface area contributed by atoms with E-state index >= 15 is 0 Å². The minimum Gasteiger partial charge on any atom is -0.378 e. The van der Waals surface area contributed by atoms with Gasteiger partial charge in [-0.2, -0.15) is 0 Å². The van der Waals surface area contributed by atoms with Crippen molar-refractivity contribution in [2.24, 2.45) is 5.41 Å². The number of nitrogens with one attached hydrogen (secondary N) is 2. The smallest absolute Gasteiger partial charge is 0.253 e. The lowest BCUT2D eigenvalue weighted by molar-refractivity contribution is -0.145. The lowest BCUT2D eigenvalue weighted by atomic mass is 9.91. The van der Waals surface area contributed by atoms with Crippen molar-refractivity contribution in [3.63, 3.8) is 0 Å². The summed E-state index contributed by atoms with van der Waals surface area (Å²) < 4.78 is 0. The number of nitrogens with zero attached hydrogens (tertiary/aromatic N) is 2. The predicted octanol–water partition coefficient (Wildman–Crippen LogP) is 0.341. The first-order chi connectivity index (χ1) is 15.5. The summed E-state index contributed by atoms with van der Waals surface area (Å²) in [5.41, 5.74) is 0.260. The molecule has 3 aliphatic heterocycles. The largest absolute Gasteiger partial charge is 0.378 e. The van der Waals surface area contributed by atoms with Gasteiger partial charge in [-0.3, -0.25) is 19.2 Å². The third-order valence-corrected chi connectivity index (χ3v) is 6.58. The molecule has 0 aromatic heterocycles. The minimum absolute atomic E-state index is 0.0916. The third-order valence-electron chi connectivity index (χ3n) is 6.58. The van der Waals surface area contributed by atoms with E-state index in [4.69, 9.17) is 0 Å². The number of hydrogen-bond donors (Lipinski definition) is 3. The number of likely N-dealkylation sites (tertiary alicyclic amines) is 1. The Morgan fingerprint density at radius 2 is 1.91 bits per heavy atom. The van der Waals surface area contributed by atoms with Crippen molar-refractivity contribution in [1.29, 1.82) is 0 Å². The highest BCUT2D eigenvalue weighted by atomic mass is 16.3. The Bertz CT molecular complexity index is 944. The van der Waals surface area contributed by atoms with Crippen LogP contribution in [0.5, 0.6) is 0 Å². The van der Waals surface area contributed by atoms with Gasteiger partial charge in [-0.15, -0.1) is 0 Å². The molecule has 4 amide bonds. The fourth-order valence-corrected chi connectivity index (χ4v) is 5.03. The molecule has 0 radical (unpaired) electrons. The van der Waals surface area contributed by atoms with Crippen molar-refractivity contribution in [1.82, 2.24) is 20.4 Å². The van der Waals surface area contributed by atoms with Crippen LogP contribution in [0.4, 0.5) is 0 Å². The molecule has 178 valence electrons. The van der Waals surface area contributed by atoms with Crippen molar-refractivity contribution >= 4 is 23.6 Å². The van der Waals surface area contributed by atoms with Gasteiger partial charge >= 0.3 is 0 Å². The van der Waals surface area contributed by atoms with Crippen molar-refractivity contribution in [3.8, 4) is 0 Å². The normalized spacial score (nSPS) is 28.0. The van der Waals surface area contributed by atoms with E-state index < -0.39 is 36.2 Å². The first-order valence-corrected chi connectivity index (χ1v) is 11.5. The maximum atomic E-state index is 13.5. The molecule has 3 N–H and O–H groups in total. The van der Waals surface area contributed by atoms with Crippen LogP contribution < -0.4 is 10.6 Å². The van der Waals surface area contributed by atoms with E-state index in [-0.39, 0.29) is 36.1 Å². The van der Waals surface area contributed by atoms with Gasteiger partial charge in [-0.05, 0) is 23.8 Å². The van der Waals surface area contributed by atoms with Crippen LogP contribution >= 0.6 is 0 Å². The number of amides is 4. The summed E-state index contributed by atoms with van der Waals surface area (Å²) in [5.74, 6) is -1.19. The zero-order valence-corrected chi connectivity index (χ0v) is 19.3. The molecule has 3 saturated heterocycles. The van der Waals surface area contributed by atoms with Gasteiger partial charge in [-0.1, -0.05) is 51.1 Å². The average Bonchev–Trinajstić information content (AvgIpc) is 3.34. The van der Waals surface area contributed by atoms with Crippen molar-refractivity contribution in [2.75, 3.05) is 13.1 Å². The molecule has 0 spiro atoms. The van der Waals surface area contributed by atoms with Crippen molar-refractivity contribution in [3.05, 3.63) is 35.9 Å². The highest BCUT2D eigenvalue weighted by molar-refractivity contribution is 5.96. The van der Waals surface area contributed by atoms with Gasteiger partial charge in [0, 0.05) is 25.6 Å². The molecular formula is C24H32N4O5. The van der Waals surface area contributed by atoms with E-state index in [1.165, 1.54) is 4.90 Å². The molecule has 33 heavy (non-hydrogen) atoms. The number of carbonyl (C=O) groups excluding carboxylic acids is 4. The summed E-state index contributed by atoms with van der Waals surface area (Å²) in [4.78, 5) is 55.0. The number of carbonyl (C=O) groups is 4. The van der Waals surface area contributed by atoms with Gasteiger partial charge in [0.25, 0.3) is 5.91 Å². The van der Waals surface area contributed by atoms with Crippen LogP contribution in [0.3, 0.4) is 0 Å². The predicted molar refractivity (Wildman–Crippen MR) is 120 cm³/mol. The van der Waals surface area contributed by atoms with E-state index in [9.17, 15) is 24.3 Å². The molecule has 3 aliphatic rings. The zero-order valence-electron chi connectivity index (χ0n) is 19.3. The molecule has 4 rings (SSSR count). The molecule has 1 aromatic rings. The number of rotatable bonds is 4. The van der Waals surface area contributed by atoms with Crippen LogP contribution in [0.2, 0.25) is 0 Å². The molecule has 0 saturated carbocycles. The fourth-order valence-electron chi connectivity index (χ4n) is 5.03. The summed E-state index contributed by atoms with van der Waals surface area (Å²) >= 11 is 0. The molecule has 5 atom stereocenters. The van der Waals surface area contributed by atoms with Crippen LogP contribution in [0, 0.1) is 5.41 Å². The van der Waals surface area contributed by atoms with Crippen LogP contribution in [0.15, 0.2) is 30.3 Å². The van der Waals surface area contributed by atoms with Gasteiger partial charge in [0.1, 0.15) is 12.1 Å². The maximum Gasteiger partial charge on any atom is 0.253 e. The Morgan fingerprint density at radius 3 is 2.58 bits per heavy atom. The Balaban J connectivity index is 1.46. The number of fused-ring (bicyclic) bond motifs is 2. The number of aliphatic hydroxyl groups excluding tert-OH is 1. The monoisotopic (exact) mass is 456 g/mol. The number of aliphatic hydroxyl groups is 1. The molecule has 0 unspecified atom stereocenters. The van der Waals surface area contributed by atoms with Gasteiger partial charge in [0.05, 0.1) is 6.04 Å². The van der Waals surface area contributed by atoms with E-state index in [0.29, 0.717) is 24.9 Å². The van der Waals surface area contributed by atoms with Crippen molar-refractivity contribution < 1.29 is 24.3 Å². The molecular weight excluding hydrogens is 424 g/mol. The molecule has 9 nitrogen and oxygen atoms in total. The first kappa shape index (κ1) is 23.2. The number of hydrogen-bond acceptors (Lipinski definition) is 5. The van der Waals surface area contributed by atoms with Crippen LogP contribution in [-0.4, -0.2) is 75.8 Å². The molecule has 0 aliphatic carbocycles. The third kappa shape index (κ3) is 4.73. The van der Waals surface area contributed by atoms with E-state index in [1.807, 2.05) is 20.8 Å². The Morgan fingerprint density at radius 1 is 1.21 bits per heavy atom. The van der Waals surface area contributed by atoms with E-state index in [1.54, 1.807) is 35.2 Å². The summed E-state index contributed by atoms with van der Waals surface area (Å²) in [6.07, 6.45) is -0.208. The van der Waals surface area contributed by atoms with Gasteiger partial charge in [0.2, 0.25) is 17.7 Å². The lowest BCUT2D eigenvalue weighted by Crippen LogP contribution is -2.53. The highest BCUT2D eigenvalue weighted by Gasteiger charge is 2.52. The van der Waals surface area contributed by atoms with Crippen molar-refractivity contribution in [2.45, 2.75) is 70.3 Å². The topological polar surface area (TPSA) is 119 Å². The summed E-state index contributed by atoms with van der Waals surface area (Å²) in [7, 11) is 0. The molecule has 0 bridgehead atoms. The zero-order chi connectivity index (χ0) is 23.9. The molecule has 9 heteroatoms. The van der Waals surface area contributed by atoms with E-state index in [0.717, 1.165) is 0 Å². The lowest BCUT2D eigenvalue weighted by Gasteiger charge is -2.31. The Hall–Kier alpha value is -2.94. The molecule has 3 fully saturated rings.